The highest BCUT2D eigenvalue weighted by atomic mass is 35.5. The van der Waals surface area contributed by atoms with Crippen LogP contribution in [0.2, 0.25) is 5.15 Å². The first-order valence-electron chi connectivity index (χ1n) is 10.2. The zero-order valence-corrected chi connectivity index (χ0v) is 18.7. The Balaban J connectivity index is 1.37. The van der Waals surface area contributed by atoms with Crippen LogP contribution in [0.3, 0.4) is 0 Å². The van der Waals surface area contributed by atoms with Gasteiger partial charge >= 0.3 is 0 Å². The number of hydrogen-bond donors (Lipinski definition) is 1. The minimum Gasteiger partial charge on any atom is -0.349 e. The van der Waals surface area contributed by atoms with E-state index in [1.807, 2.05) is 31.2 Å². The van der Waals surface area contributed by atoms with Crippen LogP contribution >= 0.6 is 11.6 Å². The van der Waals surface area contributed by atoms with Crippen LogP contribution in [-0.4, -0.2) is 46.3 Å². The third-order valence-electron chi connectivity index (χ3n) is 5.64. The van der Waals surface area contributed by atoms with E-state index in [1.165, 1.54) is 16.6 Å². The summed E-state index contributed by atoms with van der Waals surface area (Å²) < 4.78 is 29.1. The van der Waals surface area contributed by atoms with Crippen molar-refractivity contribution >= 4 is 38.6 Å². The van der Waals surface area contributed by atoms with E-state index in [2.05, 4.69) is 19.9 Å². The fourth-order valence-electron chi connectivity index (χ4n) is 3.98. The largest absolute Gasteiger partial charge is 0.349 e. The van der Waals surface area contributed by atoms with Gasteiger partial charge in [0, 0.05) is 31.7 Å². The highest BCUT2D eigenvalue weighted by molar-refractivity contribution is 7.89. The maximum Gasteiger partial charge on any atom is 0.246 e. The highest BCUT2D eigenvalue weighted by Crippen LogP contribution is 2.27. The van der Waals surface area contributed by atoms with Gasteiger partial charge in [-0.3, -0.25) is 4.79 Å². The van der Waals surface area contributed by atoms with Crippen LogP contribution in [0.15, 0.2) is 47.5 Å². The number of nitrogens with zero attached hydrogens (tertiary/aromatic N) is 4. The molecule has 1 aromatic carbocycles. The lowest BCUT2D eigenvalue weighted by molar-refractivity contribution is -0.126. The second-order valence-corrected chi connectivity index (χ2v) is 9.71. The van der Waals surface area contributed by atoms with Gasteiger partial charge in [0.25, 0.3) is 0 Å². The minimum absolute atomic E-state index is 0.00182. The van der Waals surface area contributed by atoms with Gasteiger partial charge in [0.15, 0.2) is 0 Å². The smallest absolute Gasteiger partial charge is 0.246 e. The number of rotatable bonds is 6. The maximum atomic E-state index is 12.8. The van der Waals surface area contributed by atoms with Crippen molar-refractivity contribution in [2.45, 2.75) is 37.8 Å². The normalized spacial score (nSPS) is 15.9. The molecular weight excluding hydrogens is 438 g/mol. The molecule has 8 nitrogen and oxygen atoms in total. The van der Waals surface area contributed by atoms with E-state index in [4.69, 9.17) is 11.6 Å². The molecule has 4 rings (SSSR count). The number of hydrogen-bond acceptors (Lipinski definition) is 5. The number of para-hydroxylation sites is 2. The molecule has 1 N–H and O–H groups in total. The Labute approximate surface area is 186 Å². The van der Waals surface area contributed by atoms with E-state index in [0.717, 1.165) is 23.4 Å². The van der Waals surface area contributed by atoms with Gasteiger partial charge in [-0.05, 0) is 44.0 Å². The summed E-state index contributed by atoms with van der Waals surface area (Å²) in [5, 5.41) is 2.94. The second-order valence-electron chi connectivity index (χ2n) is 7.45. The molecule has 0 saturated carbocycles. The molecule has 0 bridgehead atoms. The van der Waals surface area contributed by atoms with Crippen molar-refractivity contribution in [3.05, 3.63) is 53.6 Å². The molecule has 0 aliphatic carbocycles. The molecule has 1 saturated heterocycles. The lowest BCUT2D eigenvalue weighted by atomic mass is 9.97. The predicted octanol–water partition coefficient (Wildman–Crippen LogP) is 2.82. The van der Waals surface area contributed by atoms with Crippen LogP contribution in [0, 0.1) is 5.92 Å². The molecule has 2 aromatic heterocycles. The van der Waals surface area contributed by atoms with Crippen LogP contribution in [-0.2, 0) is 27.9 Å². The van der Waals surface area contributed by atoms with Crippen molar-refractivity contribution in [3.63, 3.8) is 0 Å². The van der Waals surface area contributed by atoms with E-state index >= 15 is 0 Å². The lowest BCUT2D eigenvalue weighted by Gasteiger charge is -2.30. The number of imidazole rings is 1. The monoisotopic (exact) mass is 461 g/mol. The van der Waals surface area contributed by atoms with Crippen molar-refractivity contribution in [3.8, 4) is 0 Å². The van der Waals surface area contributed by atoms with Crippen LogP contribution in [0.25, 0.3) is 11.0 Å². The number of aryl methyl sites for hydroxylation is 1. The Morgan fingerprint density at radius 2 is 1.94 bits per heavy atom. The van der Waals surface area contributed by atoms with E-state index in [-0.39, 0.29) is 35.0 Å². The third-order valence-corrected chi connectivity index (χ3v) is 7.98. The van der Waals surface area contributed by atoms with Crippen LogP contribution in [0.5, 0.6) is 0 Å². The first-order chi connectivity index (χ1) is 14.9. The number of sulfonamides is 1. The SMILES string of the molecule is CCn1c(CNC(=O)C2CCN(S(=O)(=O)c3cccnc3Cl)CC2)nc2ccccc21. The summed E-state index contributed by atoms with van der Waals surface area (Å²) >= 11 is 5.97. The van der Waals surface area contributed by atoms with Crippen LogP contribution in [0.1, 0.15) is 25.6 Å². The number of fused-ring (bicyclic) bond motifs is 1. The average Bonchev–Trinajstić information content (AvgIpc) is 3.15. The highest BCUT2D eigenvalue weighted by Gasteiger charge is 2.33. The van der Waals surface area contributed by atoms with Crippen molar-refractivity contribution in [1.82, 2.24) is 24.2 Å². The van der Waals surface area contributed by atoms with Gasteiger partial charge in [-0.2, -0.15) is 4.31 Å². The van der Waals surface area contributed by atoms with Crippen molar-refractivity contribution in [2.24, 2.45) is 5.92 Å². The number of benzene rings is 1. The summed E-state index contributed by atoms with van der Waals surface area (Å²) in [6, 6.07) is 10.9. The molecule has 1 fully saturated rings. The summed E-state index contributed by atoms with van der Waals surface area (Å²) in [5.41, 5.74) is 1.95. The molecule has 3 aromatic rings. The van der Waals surface area contributed by atoms with E-state index in [0.29, 0.717) is 19.4 Å². The number of carbonyl (C=O) groups is 1. The number of amides is 1. The summed E-state index contributed by atoms with van der Waals surface area (Å²) in [5.74, 6) is 0.490. The minimum atomic E-state index is -3.73. The lowest BCUT2D eigenvalue weighted by Crippen LogP contribution is -2.43. The van der Waals surface area contributed by atoms with Crippen LogP contribution < -0.4 is 5.32 Å². The zero-order chi connectivity index (χ0) is 22.0. The Morgan fingerprint density at radius 3 is 2.65 bits per heavy atom. The molecule has 1 amide bonds. The summed E-state index contributed by atoms with van der Waals surface area (Å²) in [4.78, 5) is 21.2. The topological polar surface area (TPSA) is 97.2 Å². The molecule has 0 atom stereocenters. The standard InChI is InChI=1S/C21H24ClN5O3S/c1-2-27-17-7-4-3-6-16(17)25-19(27)14-24-21(28)15-9-12-26(13-10-15)31(29,30)18-8-5-11-23-20(18)22/h3-8,11,15H,2,9-10,12-14H2,1H3,(H,24,28). The molecule has 3 heterocycles. The summed E-state index contributed by atoms with van der Waals surface area (Å²) in [7, 11) is -3.73. The Hall–Kier alpha value is -2.49. The fourth-order valence-corrected chi connectivity index (χ4v) is 5.88. The predicted molar refractivity (Wildman–Crippen MR) is 118 cm³/mol. The molecule has 0 spiro atoms. The van der Waals surface area contributed by atoms with Gasteiger partial charge in [0.2, 0.25) is 15.9 Å². The summed E-state index contributed by atoms with van der Waals surface area (Å²) in [6.45, 7) is 3.67. The number of piperidine rings is 1. The number of nitrogens with one attached hydrogen (secondary N) is 1. The van der Waals surface area contributed by atoms with Crippen molar-refractivity contribution in [2.75, 3.05) is 13.1 Å². The van der Waals surface area contributed by atoms with E-state index < -0.39 is 10.0 Å². The number of aromatic nitrogens is 3. The van der Waals surface area contributed by atoms with Gasteiger partial charge in [0.1, 0.15) is 15.9 Å². The van der Waals surface area contributed by atoms with Gasteiger partial charge in [-0.1, -0.05) is 23.7 Å². The molecule has 10 heteroatoms. The molecule has 1 aliphatic heterocycles. The third kappa shape index (κ3) is 4.30. The molecule has 0 unspecified atom stereocenters. The van der Waals surface area contributed by atoms with E-state index in [1.54, 1.807) is 6.07 Å². The number of halogens is 1. The van der Waals surface area contributed by atoms with Gasteiger partial charge in [0.05, 0.1) is 17.6 Å². The zero-order valence-electron chi connectivity index (χ0n) is 17.2. The van der Waals surface area contributed by atoms with Gasteiger partial charge < -0.3 is 9.88 Å². The molecule has 31 heavy (non-hydrogen) atoms. The van der Waals surface area contributed by atoms with Gasteiger partial charge in [-0.15, -0.1) is 0 Å². The first kappa shape index (κ1) is 21.7. The molecule has 0 radical (unpaired) electrons. The second kappa shape index (κ2) is 8.94. The quantitative estimate of drug-likeness (QED) is 0.569. The molecule has 164 valence electrons. The first-order valence-corrected chi connectivity index (χ1v) is 12.1. The number of pyridine rings is 1. The van der Waals surface area contributed by atoms with Crippen LogP contribution in [0.4, 0.5) is 0 Å². The Morgan fingerprint density at radius 1 is 1.19 bits per heavy atom. The average molecular weight is 462 g/mol. The Kier molecular flexibility index (Phi) is 6.27. The molecular formula is C21H24ClN5O3S. The fraction of sp³-hybridized carbons (Fsp3) is 0.381. The molecule has 1 aliphatic rings. The van der Waals surface area contributed by atoms with Crippen molar-refractivity contribution < 1.29 is 13.2 Å². The Bertz CT molecular complexity index is 1200. The summed E-state index contributed by atoms with van der Waals surface area (Å²) in [6.07, 6.45) is 2.35. The van der Waals surface area contributed by atoms with Crippen molar-refractivity contribution in [1.29, 1.82) is 0 Å². The van der Waals surface area contributed by atoms with Gasteiger partial charge in [-0.25, -0.2) is 18.4 Å². The maximum absolute atomic E-state index is 12.8. The van der Waals surface area contributed by atoms with E-state index in [9.17, 15) is 13.2 Å². The number of carbonyl (C=O) groups excluding carboxylic acids is 1.